The summed E-state index contributed by atoms with van der Waals surface area (Å²) in [6.07, 6.45) is 7.46. The molecule has 16 heteroatoms. The number of nitrogens with one attached hydrogen (secondary N) is 2. The number of carbonyl (C=O) groups excluding carboxylic acids is 6. The maximum Gasteiger partial charge on any atom is 0.407 e. The van der Waals surface area contributed by atoms with Crippen LogP contribution in [0.2, 0.25) is 0 Å². The Morgan fingerprint density at radius 2 is 0.791 bits per heavy atom. The van der Waals surface area contributed by atoms with Crippen LogP contribution in [0.3, 0.4) is 0 Å². The summed E-state index contributed by atoms with van der Waals surface area (Å²) in [5.41, 5.74) is 11.4. The molecule has 0 radical (unpaired) electrons. The van der Waals surface area contributed by atoms with E-state index in [9.17, 15) is 28.8 Å². The Bertz CT molecular complexity index is 3950. The Morgan fingerprint density at radius 1 is 0.451 bits per heavy atom. The first-order valence-electron chi connectivity index (χ1n) is 30.1. The van der Waals surface area contributed by atoms with Gasteiger partial charge in [0, 0.05) is 24.0 Å². The monoisotopic (exact) mass is 1250 g/mol. The van der Waals surface area contributed by atoms with Crippen LogP contribution in [0, 0.1) is 0 Å². The molecule has 0 spiro atoms. The maximum absolute atomic E-state index is 14.9. The molecule has 0 unspecified atom stereocenters. The summed E-state index contributed by atoms with van der Waals surface area (Å²) in [6.45, 7) is 0.00845. The van der Waals surface area contributed by atoms with E-state index < -0.39 is 66.0 Å². The van der Waals surface area contributed by atoms with Crippen molar-refractivity contribution in [1.82, 2.24) is 10.6 Å². The number of benzene rings is 8. The number of fused-ring (bicyclic) bond motifs is 6. The number of amides is 2. The number of allylic oxidation sites excluding steroid dienone is 2. The second kappa shape index (κ2) is 27.6. The number of esters is 2. The Morgan fingerprint density at radius 3 is 1.14 bits per heavy atom. The van der Waals surface area contributed by atoms with Gasteiger partial charge in [-0.25, -0.2) is 19.2 Å². The number of carbonyl (C=O) groups is 6. The summed E-state index contributed by atoms with van der Waals surface area (Å²) in [7, 11) is 2.97. The lowest BCUT2D eigenvalue weighted by Gasteiger charge is -2.29. The third kappa shape index (κ3) is 12.8. The zero-order valence-electron chi connectivity index (χ0n) is 50.6. The molecule has 14 nitrogen and oxygen atoms in total. The lowest BCUT2D eigenvalue weighted by Crippen LogP contribution is -2.43. The van der Waals surface area contributed by atoms with Crippen LogP contribution in [-0.4, -0.2) is 99.2 Å². The number of ether oxygens (including phenoxy) is 6. The Labute approximate surface area is 536 Å². The van der Waals surface area contributed by atoms with Crippen molar-refractivity contribution >= 4 is 92.9 Å². The van der Waals surface area contributed by atoms with Crippen LogP contribution in [0.4, 0.5) is 9.59 Å². The fraction of sp³-hybridized carbons (Fsp3) is 0.227. The molecule has 460 valence electrons. The second-order valence-electron chi connectivity index (χ2n) is 22.6. The molecule has 2 N–H and O–H groups in total. The molecule has 91 heavy (non-hydrogen) atoms. The summed E-state index contributed by atoms with van der Waals surface area (Å²) in [4.78, 5) is 87.2. The number of thioether (sulfide) groups is 2. The third-order valence-corrected chi connectivity index (χ3v) is 18.5. The summed E-state index contributed by atoms with van der Waals surface area (Å²) >= 11 is 2.93. The predicted molar refractivity (Wildman–Crippen MR) is 356 cm³/mol. The van der Waals surface area contributed by atoms with Crippen LogP contribution >= 0.6 is 23.5 Å². The summed E-state index contributed by atoms with van der Waals surface area (Å²) < 4.78 is 36.7. The van der Waals surface area contributed by atoms with Gasteiger partial charge in [0.1, 0.15) is 60.2 Å². The van der Waals surface area contributed by atoms with E-state index in [1.165, 1.54) is 37.7 Å². The van der Waals surface area contributed by atoms with Gasteiger partial charge < -0.3 is 39.1 Å². The molecule has 4 aliphatic carbocycles. The molecule has 0 aromatic heterocycles. The van der Waals surface area contributed by atoms with E-state index >= 15 is 0 Å². The van der Waals surface area contributed by atoms with Gasteiger partial charge >= 0.3 is 24.1 Å². The smallest absolute Gasteiger partial charge is 0.407 e. The number of hydrogen-bond donors (Lipinski definition) is 2. The maximum atomic E-state index is 14.9. The molecule has 4 atom stereocenters. The van der Waals surface area contributed by atoms with Crippen LogP contribution in [-0.2, 0) is 47.6 Å². The Kier molecular flexibility index (Phi) is 18.7. The lowest BCUT2D eigenvalue weighted by atomic mass is 9.83. The normalized spacial score (nSPS) is 16.0. The highest BCUT2D eigenvalue weighted by Gasteiger charge is 2.38. The fourth-order valence-electron chi connectivity index (χ4n) is 13.1. The first-order chi connectivity index (χ1) is 44.4. The van der Waals surface area contributed by atoms with Crippen molar-refractivity contribution in [3.8, 4) is 22.3 Å². The molecule has 8 aromatic rings. The van der Waals surface area contributed by atoms with Gasteiger partial charge in [0.25, 0.3) is 0 Å². The largest absolute Gasteiger partial charge is 0.500 e. The molecular weight excluding hydrogens is 1180 g/mol. The minimum absolute atomic E-state index is 0.00422. The first-order valence-corrected chi connectivity index (χ1v) is 32.9. The predicted octanol–water partition coefficient (Wildman–Crippen LogP) is 14.6. The fourth-order valence-corrected chi connectivity index (χ4v) is 14.0. The highest BCUT2D eigenvalue weighted by atomic mass is 32.2. The van der Waals surface area contributed by atoms with Gasteiger partial charge in [0.05, 0.1) is 20.6 Å². The van der Waals surface area contributed by atoms with E-state index in [2.05, 4.69) is 10.6 Å². The zero-order chi connectivity index (χ0) is 63.1. The average molecular weight is 1250 g/mol. The van der Waals surface area contributed by atoms with Crippen molar-refractivity contribution < 1.29 is 57.2 Å². The highest BCUT2D eigenvalue weighted by molar-refractivity contribution is 7.98. The van der Waals surface area contributed by atoms with Crippen molar-refractivity contribution in [2.45, 2.75) is 55.0 Å². The van der Waals surface area contributed by atoms with Gasteiger partial charge in [-0.2, -0.15) is 23.5 Å². The van der Waals surface area contributed by atoms with Crippen LogP contribution in [0.1, 0.15) is 87.4 Å². The zero-order valence-corrected chi connectivity index (χ0v) is 52.2. The number of alkyl carbamates (subject to hydrolysis) is 2. The molecule has 0 bridgehead atoms. The van der Waals surface area contributed by atoms with Gasteiger partial charge in [-0.15, -0.1) is 0 Å². The third-order valence-electron chi connectivity index (χ3n) is 17.2. The molecule has 0 saturated heterocycles. The lowest BCUT2D eigenvalue weighted by molar-refractivity contribution is -0.143. The molecule has 0 fully saturated rings. The minimum atomic E-state index is -1.24. The second-order valence-corrected chi connectivity index (χ2v) is 24.6. The molecule has 12 rings (SSSR count). The van der Waals surface area contributed by atoms with E-state index in [1.54, 1.807) is 0 Å². The average Bonchev–Trinajstić information content (AvgIpc) is 1.67. The summed E-state index contributed by atoms with van der Waals surface area (Å²) in [5.74, 6) is -4.46. The standard InChI is InChI=1S/C75H66N2O12S2/c1-84-64-37-46-21-13-17-44-19-15-31-58(68(44)46)70(64)66(88-72(80)62(33-35-90-3)76-74(82)86-42-60-54-27-9-5-23-50(54)51-24-6-10-28-55(51)60)40-48(78)39-49(79)41-67(71-59-32-16-20-45-18-14-22-47(69(45)59)38-65(71)85-2)89-73(81)63(34-36-91-4)77-75(83)87-43-61-56-29-11-7-25-52(56)53-26-8-12-30-57(53)61/h5-32,37-38,40-41,60-63,70-71H,33-36,39,42-43H2,1-4H3,(H,76,82)(H,77,83)/b66-40+,67-41+/t62-,63-,70-,71-/m0/s1. The van der Waals surface area contributed by atoms with Crippen LogP contribution < -0.4 is 10.6 Å². The van der Waals surface area contributed by atoms with Crippen molar-refractivity contribution in [2.24, 2.45) is 0 Å². The molecule has 4 aliphatic rings. The molecular formula is C75H66N2O12S2. The minimum Gasteiger partial charge on any atom is -0.500 e. The summed E-state index contributed by atoms with van der Waals surface area (Å²) in [5, 5.41) is 8.97. The van der Waals surface area contributed by atoms with Crippen LogP contribution in [0.5, 0.6) is 0 Å². The van der Waals surface area contributed by atoms with E-state index in [4.69, 9.17) is 28.4 Å². The van der Waals surface area contributed by atoms with Crippen molar-refractivity contribution in [3.05, 3.63) is 250 Å². The van der Waals surface area contributed by atoms with E-state index in [1.807, 2.05) is 195 Å². The van der Waals surface area contributed by atoms with Gasteiger partial charge in [0.15, 0.2) is 11.6 Å². The van der Waals surface area contributed by atoms with Gasteiger partial charge in [-0.3, -0.25) is 9.59 Å². The van der Waals surface area contributed by atoms with Gasteiger partial charge in [0.2, 0.25) is 0 Å². The molecule has 0 aliphatic heterocycles. The molecule has 2 amide bonds. The Balaban J connectivity index is 0.841. The molecule has 0 heterocycles. The molecule has 0 saturated carbocycles. The first kappa shape index (κ1) is 61.6. The van der Waals surface area contributed by atoms with E-state index in [0.717, 1.165) is 89.3 Å². The number of ketones is 2. The number of rotatable bonds is 24. The van der Waals surface area contributed by atoms with E-state index in [0.29, 0.717) is 34.2 Å². The van der Waals surface area contributed by atoms with E-state index in [-0.39, 0.29) is 49.4 Å². The van der Waals surface area contributed by atoms with Crippen molar-refractivity contribution in [3.63, 3.8) is 0 Å². The SMILES string of the molecule is COC1=Cc2cccc3cccc(c23)[C@@H]1/C(=C\C(=O)CC(=O)/C=C(/OC(=O)[C@H](CCSC)NC(=O)OCC1c2ccccc2-c2ccccc21)[C@@H]1C(OC)=Cc2cccc3cccc1c23)OC(=O)[C@H](CCSC)NC(=O)OCC1c2ccccc2-c2ccccc21. The van der Waals surface area contributed by atoms with Crippen molar-refractivity contribution in [1.29, 1.82) is 0 Å². The highest BCUT2D eigenvalue weighted by Crippen LogP contribution is 2.48. The van der Waals surface area contributed by atoms with Gasteiger partial charge in [-0.05, 0) is 137 Å². The number of methoxy groups -OCH3 is 2. The van der Waals surface area contributed by atoms with Crippen LogP contribution in [0.25, 0.3) is 56.0 Å². The number of hydrogen-bond acceptors (Lipinski definition) is 14. The van der Waals surface area contributed by atoms with Crippen molar-refractivity contribution in [2.75, 3.05) is 51.5 Å². The topological polar surface area (TPSA) is 182 Å². The summed E-state index contributed by atoms with van der Waals surface area (Å²) in [6, 6.07) is 52.4. The van der Waals surface area contributed by atoms with Gasteiger partial charge in [-0.1, -0.05) is 170 Å². The quantitative estimate of drug-likeness (QED) is 0.0192. The molecule has 8 aromatic carbocycles. The van der Waals surface area contributed by atoms with Crippen LogP contribution in [0.15, 0.2) is 205 Å². The Hall–Kier alpha value is -9.64.